The lowest BCUT2D eigenvalue weighted by Gasteiger charge is -2.36. The molecule has 0 spiro atoms. The van der Waals surface area contributed by atoms with E-state index in [1.165, 1.54) is 12.3 Å². The molecule has 0 atom stereocenters. The van der Waals surface area contributed by atoms with E-state index in [1.54, 1.807) is 29.2 Å². The Morgan fingerprint density at radius 2 is 1.90 bits per heavy atom. The van der Waals surface area contributed by atoms with Crippen LogP contribution in [0.5, 0.6) is 0 Å². The highest BCUT2D eigenvalue weighted by molar-refractivity contribution is 5.91. The van der Waals surface area contributed by atoms with E-state index in [2.05, 4.69) is 24.1 Å². The molecule has 0 saturated carbocycles. The van der Waals surface area contributed by atoms with Gasteiger partial charge in [0.15, 0.2) is 11.7 Å². The third kappa shape index (κ3) is 5.16. The Kier molecular flexibility index (Phi) is 6.56. The molecule has 1 saturated heterocycles. The Morgan fingerprint density at radius 1 is 1.17 bits per heavy atom. The molecule has 2 aromatic rings. The maximum absolute atomic E-state index is 13.6. The molecule has 29 heavy (non-hydrogen) atoms. The van der Waals surface area contributed by atoms with Crippen LogP contribution in [0.25, 0.3) is 0 Å². The van der Waals surface area contributed by atoms with E-state index in [4.69, 9.17) is 9.41 Å². The Labute approximate surface area is 171 Å². The zero-order chi connectivity index (χ0) is 20.9. The molecule has 0 unspecified atom stereocenters. The maximum atomic E-state index is 13.6. The molecule has 1 amide bonds. The van der Waals surface area contributed by atoms with Crippen molar-refractivity contribution in [3.8, 4) is 0 Å². The van der Waals surface area contributed by atoms with Crippen LogP contribution in [0.3, 0.4) is 0 Å². The van der Waals surface area contributed by atoms with Crippen molar-refractivity contribution in [1.82, 2.24) is 15.1 Å². The number of nitrogens with zero attached hydrogens (tertiary/aromatic N) is 3. The Hall–Kier alpha value is -2.83. The van der Waals surface area contributed by atoms with Gasteiger partial charge in [-0.25, -0.2) is 4.39 Å². The number of nitrogens with one attached hydrogen (secondary N) is 1. The summed E-state index contributed by atoms with van der Waals surface area (Å²) < 4.78 is 18.8. The number of hydrogen-bond acceptors (Lipinski definition) is 3. The topological polar surface area (TPSA) is 61.1 Å². The number of amides is 1. The van der Waals surface area contributed by atoms with Crippen molar-refractivity contribution in [3.05, 3.63) is 59.8 Å². The van der Waals surface area contributed by atoms with Crippen molar-refractivity contribution in [3.63, 3.8) is 0 Å². The van der Waals surface area contributed by atoms with Crippen molar-refractivity contribution in [2.45, 2.75) is 26.2 Å². The van der Waals surface area contributed by atoms with E-state index in [9.17, 15) is 9.18 Å². The fourth-order valence-corrected chi connectivity index (χ4v) is 3.38. The Bertz CT molecular complexity index is 840. The lowest BCUT2D eigenvalue weighted by Crippen LogP contribution is -2.54. The molecular formula is C22H29FN4O2. The molecule has 156 valence electrons. The summed E-state index contributed by atoms with van der Waals surface area (Å²) in [5.74, 6) is 0.880. The molecule has 3 rings (SSSR count). The van der Waals surface area contributed by atoms with Gasteiger partial charge in [0.2, 0.25) is 0 Å². The number of carbonyl (C=O) groups excluding carboxylic acids is 1. The van der Waals surface area contributed by atoms with E-state index in [0.717, 1.165) is 18.1 Å². The molecule has 0 radical (unpaired) electrons. The third-order valence-corrected chi connectivity index (χ3v) is 5.16. The van der Waals surface area contributed by atoms with Gasteiger partial charge in [0.05, 0.1) is 12.8 Å². The lowest BCUT2D eigenvalue weighted by molar-refractivity contribution is 0.0657. The van der Waals surface area contributed by atoms with Crippen LogP contribution in [0.15, 0.2) is 52.1 Å². The molecular weight excluding hydrogens is 371 g/mol. The van der Waals surface area contributed by atoms with Crippen molar-refractivity contribution in [2.24, 2.45) is 4.99 Å². The number of halogens is 1. The van der Waals surface area contributed by atoms with Crippen LogP contribution in [0.4, 0.5) is 4.39 Å². The number of rotatable bonds is 5. The lowest BCUT2D eigenvalue weighted by atomic mass is 9.85. The minimum absolute atomic E-state index is 0.0798. The van der Waals surface area contributed by atoms with Crippen molar-refractivity contribution in [1.29, 1.82) is 0 Å². The quantitative estimate of drug-likeness (QED) is 0.619. The highest BCUT2D eigenvalue weighted by Gasteiger charge is 2.26. The van der Waals surface area contributed by atoms with Crippen molar-refractivity contribution in [2.75, 3.05) is 39.3 Å². The van der Waals surface area contributed by atoms with Gasteiger partial charge in [0, 0.05) is 38.1 Å². The van der Waals surface area contributed by atoms with Gasteiger partial charge < -0.3 is 19.5 Å². The zero-order valence-corrected chi connectivity index (χ0v) is 17.3. The Balaban J connectivity index is 1.64. The van der Waals surface area contributed by atoms with E-state index in [1.807, 2.05) is 13.0 Å². The van der Waals surface area contributed by atoms with Gasteiger partial charge in [-0.15, -0.1) is 0 Å². The highest BCUT2D eigenvalue weighted by atomic mass is 19.1. The summed E-state index contributed by atoms with van der Waals surface area (Å²) in [6, 6.07) is 10.1. The molecule has 0 bridgehead atoms. The SMILES string of the molecule is CCNC(=NCC(C)(C)c1cccc(F)c1)N1CCN(C(=O)c2ccco2)CC1. The smallest absolute Gasteiger partial charge is 0.289 e. The van der Waals surface area contributed by atoms with Crippen LogP contribution in [-0.2, 0) is 5.41 Å². The van der Waals surface area contributed by atoms with Crippen LogP contribution in [0, 0.1) is 5.82 Å². The van der Waals surface area contributed by atoms with E-state index >= 15 is 0 Å². The molecule has 7 heteroatoms. The molecule has 1 aromatic heterocycles. The first-order valence-electron chi connectivity index (χ1n) is 10.0. The van der Waals surface area contributed by atoms with Crippen LogP contribution in [0.2, 0.25) is 0 Å². The predicted octanol–water partition coefficient (Wildman–Crippen LogP) is 3.12. The second kappa shape index (κ2) is 9.11. The highest BCUT2D eigenvalue weighted by Crippen LogP contribution is 2.24. The molecule has 1 aliphatic rings. The third-order valence-electron chi connectivity index (χ3n) is 5.16. The number of hydrogen-bond donors (Lipinski definition) is 1. The van der Waals surface area contributed by atoms with Gasteiger partial charge in [-0.2, -0.15) is 0 Å². The molecule has 1 aromatic carbocycles. The summed E-state index contributed by atoms with van der Waals surface area (Å²) in [6.45, 7) is 10.1. The summed E-state index contributed by atoms with van der Waals surface area (Å²) in [4.78, 5) is 21.2. The summed E-state index contributed by atoms with van der Waals surface area (Å²) >= 11 is 0. The first-order valence-corrected chi connectivity index (χ1v) is 10.0. The number of carbonyl (C=O) groups is 1. The van der Waals surface area contributed by atoms with Gasteiger partial charge in [0.25, 0.3) is 5.91 Å². The molecule has 1 aliphatic heterocycles. The largest absolute Gasteiger partial charge is 0.459 e. The first-order chi connectivity index (χ1) is 13.9. The van der Waals surface area contributed by atoms with E-state index < -0.39 is 0 Å². The van der Waals surface area contributed by atoms with Crippen molar-refractivity contribution >= 4 is 11.9 Å². The molecule has 6 nitrogen and oxygen atoms in total. The number of furan rings is 1. The molecule has 1 N–H and O–H groups in total. The fourth-order valence-electron chi connectivity index (χ4n) is 3.38. The number of benzene rings is 1. The van der Waals surface area contributed by atoms with Crippen molar-refractivity contribution < 1.29 is 13.6 Å². The normalized spacial score (nSPS) is 15.5. The van der Waals surface area contributed by atoms with Gasteiger partial charge in [0.1, 0.15) is 5.82 Å². The van der Waals surface area contributed by atoms with Crippen LogP contribution < -0.4 is 5.32 Å². The standard InChI is InChI=1S/C22H29FN4O2/c1-4-24-21(25-16-22(2,3)17-7-5-8-18(23)15-17)27-12-10-26(11-13-27)20(28)19-9-6-14-29-19/h5-9,14-15H,4,10-13,16H2,1-3H3,(H,24,25). The van der Waals surface area contributed by atoms with Crippen LogP contribution in [-0.4, -0.2) is 60.9 Å². The van der Waals surface area contributed by atoms with E-state index in [-0.39, 0.29) is 17.1 Å². The Morgan fingerprint density at radius 3 is 2.52 bits per heavy atom. The summed E-state index contributed by atoms with van der Waals surface area (Å²) in [5.41, 5.74) is 0.630. The maximum Gasteiger partial charge on any atom is 0.289 e. The number of aliphatic imine (C=N–C) groups is 1. The van der Waals surface area contributed by atoms with Gasteiger partial charge >= 0.3 is 0 Å². The van der Waals surface area contributed by atoms with Gasteiger partial charge in [-0.3, -0.25) is 9.79 Å². The summed E-state index contributed by atoms with van der Waals surface area (Å²) in [6.07, 6.45) is 1.51. The average molecular weight is 400 g/mol. The predicted molar refractivity (Wildman–Crippen MR) is 112 cm³/mol. The fraction of sp³-hybridized carbons (Fsp3) is 0.455. The average Bonchev–Trinajstić information content (AvgIpc) is 3.26. The summed E-state index contributed by atoms with van der Waals surface area (Å²) in [7, 11) is 0. The van der Waals surface area contributed by atoms with Gasteiger partial charge in [-0.05, 0) is 36.8 Å². The second-order valence-electron chi connectivity index (χ2n) is 7.82. The van der Waals surface area contributed by atoms with Crippen LogP contribution >= 0.6 is 0 Å². The first kappa shape index (κ1) is 20.9. The monoisotopic (exact) mass is 400 g/mol. The van der Waals surface area contributed by atoms with E-state index in [0.29, 0.717) is 38.5 Å². The molecule has 2 heterocycles. The minimum atomic E-state index is -0.292. The molecule has 0 aliphatic carbocycles. The second-order valence-corrected chi connectivity index (χ2v) is 7.82. The number of guanidine groups is 1. The zero-order valence-electron chi connectivity index (χ0n) is 17.3. The van der Waals surface area contributed by atoms with Gasteiger partial charge in [-0.1, -0.05) is 26.0 Å². The minimum Gasteiger partial charge on any atom is -0.459 e. The molecule has 1 fully saturated rings. The summed E-state index contributed by atoms with van der Waals surface area (Å²) in [5, 5.41) is 3.34. The number of piperazine rings is 1. The van der Waals surface area contributed by atoms with Crippen LogP contribution in [0.1, 0.15) is 36.9 Å².